The number of nitrogens with one attached hydrogen (secondary N) is 1. The maximum Gasteiger partial charge on any atom is 0.416 e. The highest BCUT2D eigenvalue weighted by atomic mass is 32.2. The summed E-state index contributed by atoms with van der Waals surface area (Å²) in [6.07, 6.45) is 2.35. The zero-order valence-corrected chi connectivity index (χ0v) is 13.2. The van der Waals surface area contributed by atoms with E-state index in [9.17, 15) is 13.2 Å². The molecule has 5 heteroatoms. The molecular formula is C16H22F3NS. The fraction of sp³-hybridized carbons (Fsp3) is 0.625. The molecule has 0 aliphatic heterocycles. The second kappa shape index (κ2) is 7.05. The van der Waals surface area contributed by atoms with Crippen LogP contribution in [0.4, 0.5) is 13.2 Å². The summed E-state index contributed by atoms with van der Waals surface area (Å²) < 4.78 is 39.3. The molecule has 1 saturated carbocycles. The van der Waals surface area contributed by atoms with Crippen molar-refractivity contribution in [2.24, 2.45) is 0 Å². The van der Waals surface area contributed by atoms with Crippen molar-refractivity contribution >= 4 is 11.8 Å². The van der Waals surface area contributed by atoms with E-state index in [0.717, 1.165) is 19.3 Å². The van der Waals surface area contributed by atoms with E-state index in [1.165, 1.54) is 18.6 Å². The van der Waals surface area contributed by atoms with Crippen molar-refractivity contribution < 1.29 is 13.2 Å². The average Bonchev–Trinajstić information content (AvgIpc) is 2.47. The Balaban J connectivity index is 2.15. The number of thioether (sulfide) groups is 1. The van der Waals surface area contributed by atoms with Crippen LogP contribution in [0.1, 0.15) is 49.8 Å². The molecule has 2 rings (SSSR count). The van der Waals surface area contributed by atoms with Crippen molar-refractivity contribution in [1.29, 1.82) is 0 Å². The Hall–Kier alpha value is -0.680. The predicted molar refractivity (Wildman–Crippen MR) is 82.6 cm³/mol. The van der Waals surface area contributed by atoms with E-state index in [1.54, 1.807) is 12.1 Å². The predicted octanol–water partition coefficient (Wildman–Crippen LogP) is 5.03. The van der Waals surface area contributed by atoms with E-state index in [1.807, 2.05) is 18.7 Å². The number of benzene rings is 1. The molecule has 1 aliphatic rings. The van der Waals surface area contributed by atoms with Crippen molar-refractivity contribution in [3.63, 3.8) is 0 Å². The highest BCUT2D eigenvalue weighted by molar-refractivity contribution is 7.99. The van der Waals surface area contributed by atoms with Gasteiger partial charge < -0.3 is 5.32 Å². The summed E-state index contributed by atoms with van der Waals surface area (Å²) in [6, 6.07) is 5.88. The van der Waals surface area contributed by atoms with Crippen LogP contribution in [0.15, 0.2) is 24.3 Å². The maximum atomic E-state index is 13.1. The molecule has 21 heavy (non-hydrogen) atoms. The van der Waals surface area contributed by atoms with E-state index in [4.69, 9.17) is 0 Å². The van der Waals surface area contributed by atoms with E-state index >= 15 is 0 Å². The van der Waals surface area contributed by atoms with Crippen molar-refractivity contribution in [3.8, 4) is 0 Å². The van der Waals surface area contributed by atoms with Crippen LogP contribution >= 0.6 is 11.8 Å². The minimum atomic E-state index is -4.29. The summed E-state index contributed by atoms with van der Waals surface area (Å²) in [5.74, 6) is 0. The minimum absolute atomic E-state index is 0.291. The molecule has 1 aromatic rings. The Labute approximate surface area is 128 Å². The molecule has 0 radical (unpaired) electrons. The van der Waals surface area contributed by atoms with Gasteiger partial charge in [0, 0.05) is 17.3 Å². The quantitative estimate of drug-likeness (QED) is 0.836. The molecule has 0 aromatic heterocycles. The molecule has 0 saturated heterocycles. The first kappa shape index (κ1) is 16.7. The normalized spacial score (nSPS) is 24.8. The third kappa shape index (κ3) is 4.16. The summed E-state index contributed by atoms with van der Waals surface area (Å²) in [5.41, 5.74) is -0.183. The third-order valence-corrected chi connectivity index (χ3v) is 5.37. The smallest absolute Gasteiger partial charge is 0.306 e. The van der Waals surface area contributed by atoms with Crippen LogP contribution in [-0.4, -0.2) is 17.5 Å². The summed E-state index contributed by atoms with van der Waals surface area (Å²) in [7, 11) is 0. The summed E-state index contributed by atoms with van der Waals surface area (Å²) in [5, 5.41) is 3.93. The molecule has 1 aromatic carbocycles. The zero-order valence-electron chi connectivity index (χ0n) is 12.4. The van der Waals surface area contributed by atoms with Crippen molar-refractivity contribution in [3.05, 3.63) is 35.4 Å². The molecule has 0 bridgehead atoms. The second-order valence-corrected chi connectivity index (χ2v) is 6.72. The molecule has 1 fully saturated rings. The molecular weight excluding hydrogens is 295 g/mol. The molecule has 1 N–H and O–H groups in total. The van der Waals surface area contributed by atoms with Crippen LogP contribution in [-0.2, 0) is 6.18 Å². The van der Waals surface area contributed by atoms with Crippen molar-refractivity contribution in [2.45, 2.75) is 56.1 Å². The molecule has 1 nitrogen and oxygen atoms in total. The summed E-state index contributed by atoms with van der Waals surface area (Å²) >= 11 is 1.82. The average molecular weight is 317 g/mol. The Morgan fingerprint density at radius 2 is 1.86 bits per heavy atom. The summed E-state index contributed by atoms with van der Waals surface area (Å²) in [4.78, 5) is 0. The van der Waals surface area contributed by atoms with E-state index in [-0.39, 0.29) is 6.04 Å². The Morgan fingerprint density at radius 3 is 2.52 bits per heavy atom. The largest absolute Gasteiger partial charge is 0.416 e. The van der Waals surface area contributed by atoms with Gasteiger partial charge >= 0.3 is 6.18 Å². The van der Waals surface area contributed by atoms with Gasteiger partial charge in [0.1, 0.15) is 0 Å². The van der Waals surface area contributed by atoms with Gasteiger partial charge in [-0.25, -0.2) is 0 Å². The van der Waals surface area contributed by atoms with Gasteiger partial charge in [-0.2, -0.15) is 24.9 Å². The summed E-state index contributed by atoms with van der Waals surface area (Å²) in [6.45, 7) is 1.83. The lowest BCUT2D eigenvalue weighted by molar-refractivity contribution is -0.138. The van der Waals surface area contributed by atoms with Gasteiger partial charge in [0.25, 0.3) is 0 Å². The maximum absolute atomic E-state index is 13.1. The lowest BCUT2D eigenvalue weighted by atomic mass is 9.92. The van der Waals surface area contributed by atoms with Crippen LogP contribution in [0.2, 0.25) is 0 Å². The molecule has 3 atom stereocenters. The standard InChI is InChI=1S/C16H22F3NS/c1-11(20-14-9-5-6-10-15(14)21-2)12-7-3-4-8-13(12)16(17,18)19/h3-4,7-8,11,14-15,20H,5-6,9-10H2,1-2H3. The van der Waals surface area contributed by atoms with Gasteiger partial charge in [-0.1, -0.05) is 31.0 Å². The second-order valence-electron chi connectivity index (χ2n) is 5.64. The molecule has 118 valence electrons. The van der Waals surface area contributed by atoms with Gasteiger partial charge in [-0.05, 0) is 37.7 Å². The first-order valence-electron chi connectivity index (χ1n) is 7.38. The Bertz CT molecular complexity index is 461. The number of hydrogen-bond acceptors (Lipinski definition) is 2. The van der Waals surface area contributed by atoms with E-state index < -0.39 is 11.7 Å². The van der Waals surface area contributed by atoms with Crippen LogP contribution in [0.3, 0.4) is 0 Å². The van der Waals surface area contributed by atoms with E-state index in [0.29, 0.717) is 16.9 Å². The van der Waals surface area contributed by atoms with Crippen LogP contribution in [0, 0.1) is 0 Å². The highest BCUT2D eigenvalue weighted by Gasteiger charge is 2.35. The fourth-order valence-corrected chi connectivity index (χ4v) is 4.06. The van der Waals surface area contributed by atoms with Gasteiger partial charge in [-0.3, -0.25) is 0 Å². The number of alkyl halides is 3. The molecule has 0 heterocycles. The van der Waals surface area contributed by atoms with Gasteiger partial charge in [-0.15, -0.1) is 0 Å². The number of hydrogen-bond donors (Lipinski definition) is 1. The van der Waals surface area contributed by atoms with Crippen LogP contribution in [0.5, 0.6) is 0 Å². The molecule has 3 unspecified atom stereocenters. The van der Waals surface area contributed by atoms with Gasteiger partial charge in [0.05, 0.1) is 5.56 Å². The SMILES string of the molecule is CSC1CCCCC1NC(C)c1ccccc1C(F)(F)F. The van der Waals surface area contributed by atoms with Crippen LogP contribution < -0.4 is 5.32 Å². The lowest BCUT2D eigenvalue weighted by Crippen LogP contribution is -2.42. The monoisotopic (exact) mass is 317 g/mol. The van der Waals surface area contributed by atoms with Crippen LogP contribution in [0.25, 0.3) is 0 Å². The topological polar surface area (TPSA) is 12.0 Å². The molecule has 0 amide bonds. The lowest BCUT2D eigenvalue weighted by Gasteiger charge is -2.34. The van der Waals surface area contributed by atoms with Crippen molar-refractivity contribution in [2.75, 3.05) is 6.26 Å². The fourth-order valence-electron chi connectivity index (χ4n) is 3.11. The van der Waals surface area contributed by atoms with Gasteiger partial charge in [0.2, 0.25) is 0 Å². The van der Waals surface area contributed by atoms with Gasteiger partial charge in [0.15, 0.2) is 0 Å². The highest BCUT2D eigenvalue weighted by Crippen LogP contribution is 2.35. The first-order valence-corrected chi connectivity index (χ1v) is 8.67. The van der Waals surface area contributed by atoms with Crippen molar-refractivity contribution in [1.82, 2.24) is 5.32 Å². The zero-order chi connectivity index (χ0) is 15.5. The Morgan fingerprint density at radius 1 is 1.19 bits per heavy atom. The van der Waals surface area contributed by atoms with E-state index in [2.05, 4.69) is 11.6 Å². The first-order chi connectivity index (χ1) is 9.93. The third-order valence-electron chi connectivity index (χ3n) is 4.20. The molecule has 1 aliphatic carbocycles. The number of halogens is 3. The number of rotatable bonds is 4. The molecule has 0 spiro atoms. The minimum Gasteiger partial charge on any atom is -0.306 e. The Kier molecular flexibility index (Phi) is 5.60.